The van der Waals surface area contributed by atoms with Crippen LogP contribution in [0.2, 0.25) is 5.02 Å². The number of nitrogens with one attached hydrogen (secondary N) is 1. The molecule has 0 bridgehead atoms. The van der Waals surface area contributed by atoms with E-state index >= 15 is 0 Å². The van der Waals surface area contributed by atoms with Crippen molar-refractivity contribution in [2.75, 3.05) is 13.1 Å². The molecule has 3 atom stereocenters. The molecule has 1 N–H and O–H groups in total. The Balaban J connectivity index is 1.21. The lowest BCUT2D eigenvalue weighted by Crippen LogP contribution is -2.45. The lowest BCUT2D eigenvalue weighted by Gasteiger charge is -2.27. The van der Waals surface area contributed by atoms with Crippen molar-refractivity contribution >= 4 is 45.7 Å². The number of pyridine rings is 1. The Morgan fingerprint density at radius 1 is 1.11 bits per heavy atom. The normalized spacial score (nSPS) is 20.6. The molecule has 1 aliphatic carbocycles. The highest BCUT2D eigenvalue weighted by molar-refractivity contribution is 7.15. The van der Waals surface area contributed by atoms with Crippen molar-refractivity contribution in [3.63, 3.8) is 0 Å². The number of hydrogen-bond donors (Lipinski definition) is 1. The molecule has 0 radical (unpaired) electrons. The van der Waals surface area contributed by atoms with Gasteiger partial charge in [-0.3, -0.25) is 9.59 Å². The first kappa shape index (κ1) is 22.2. The van der Waals surface area contributed by atoms with Gasteiger partial charge < -0.3 is 10.2 Å². The molecule has 176 valence electrons. The standard InChI is InChI=1S/C27H23ClN4O2S/c1-15-30-24(25(35-15)17-6-4-7-19(28)11-17)27(34)32-14-18-12-20(18)23(32)13-29-26(33)22-10-9-16-5-2-3-8-21(16)31-22/h2-11,18,20,23H,12-14H2,1H3,(H,29,33)/t18-,20-,23+/m0/s1. The van der Waals surface area contributed by atoms with E-state index in [1.54, 1.807) is 6.07 Å². The summed E-state index contributed by atoms with van der Waals surface area (Å²) in [5, 5.41) is 5.48. The van der Waals surface area contributed by atoms with Gasteiger partial charge in [0.15, 0.2) is 0 Å². The van der Waals surface area contributed by atoms with E-state index in [1.165, 1.54) is 11.3 Å². The van der Waals surface area contributed by atoms with Crippen molar-refractivity contribution < 1.29 is 9.59 Å². The van der Waals surface area contributed by atoms with Crippen LogP contribution in [0.3, 0.4) is 0 Å². The zero-order valence-electron chi connectivity index (χ0n) is 19.1. The molecule has 2 amide bonds. The molecule has 0 unspecified atom stereocenters. The summed E-state index contributed by atoms with van der Waals surface area (Å²) in [5.41, 5.74) is 2.52. The van der Waals surface area contributed by atoms with Crippen LogP contribution in [0, 0.1) is 18.8 Å². The molecule has 2 aromatic carbocycles. The average molecular weight is 503 g/mol. The molecule has 2 aliphatic rings. The Labute approximate surface area is 212 Å². The van der Waals surface area contributed by atoms with Gasteiger partial charge in [0.2, 0.25) is 0 Å². The highest BCUT2D eigenvalue weighted by Crippen LogP contribution is 2.50. The number of nitrogens with zero attached hydrogens (tertiary/aromatic N) is 3. The van der Waals surface area contributed by atoms with Crippen LogP contribution in [-0.2, 0) is 0 Å². The van der Waals surface area contributed by atoms with Crippen LogP contribution in [0.1, 0.15) is 32.4 Å². The first-order chi connectivity index (χ1) is 17.0. The van der Waals surface area contributed by atoms with Gasteiger partial charge in [0.05, 0.1) is 21.4 Å². The van der Waals surface area contributed by atoms with E-state index in [1.807, 2.05) is 66.4 Å². The second-order valence-electron chi connectivity index (χ2n) is 9.20. The van der Waals surface area contributed by atoms with Crippen molar-refractivity contribution in [1.82, 2.24) is 20.2 Å². The van der Waals surface area contributed by atoms with Crippen molar-refractivity contribution in [3.8, 4) is 10.4 Å². The van der Waals surface area contributed by atoms with Crippen LogP contribution < -0.4 is 5.32 Å². The van der Waals surface area contributed by atoms with Crippen LogP contribution >= 0.6 is 22.9 Å². The second kappa shape index (κ2) is 8.73. The molecule has 6 nitrogen and oxygen atoms in total. The molecule has 2 fully saturated rings. The molecular weight excluding hydrogens is 480 g/mol. The summed E-state index contributed by atoms with van der Waals surface area (Å²) in [6.07, 6.45) is 1.09. The third-order valence-corrected chi connectivity index (χ3v) is 8.15. The predicted molar refractivity (Wildman–Crippen MR) is 138 cm³/mol. The van der Waals surface area contributed by atoms with Crippen LogP contribution in [0.25, 0.3) is 21.3 Å². The van der Waals surface area contributed by atoms with Crippen LogP contribution in [0.5, 0.6) is 0 Å². The van der Waals surface area contributed by atoms with Gasteiger partial charge >= 0.3 is 0 Å². The Morgan fingerprint density at radius 3 is 2.83 bits per heavy atom. The number of carbonyl (C=O) groups excluding carboxylic acids is 2. The number of aryl methyl sites for hydroxylation is 1. The number of fused-ring (bicyclic) bond motifs is 2. The van der Waals surface area contributed by atoms with Crippen molar-refractivity contribution in [2.24, 2.45) is 11.8 Å². The zero-order chi connectivity index (χ0) is 24.1. The van der Waals surface area contributed by atoms with Gasteiger partial charge in [-0.15, -0.1) is 11.3 Å². The molecule has 0 spiro atoms. The third-order valence-electron chi connectivity index (χ3n) is 6.89. The first-order valence-electron chi connectivity index (χ1n) is 11.7. The highest BCUT2D eigenvalue weighted by atomic mass is 35.5. The molecule has 6 rings (SSSR count). The SMILES string of the molecule is Cc1nc(C(=O)N2C[C@@H]3C[C@@H]3[C@H]2CNC(=O)c2ccc3ccccc3n2)c(-c2cccc(Cl)c2)s1. The summed E-state index contributed by atoms with van der Waals surface area (Å²) in [6.45, 7) is 3.00. The Bertz CT molecular complexity index is 1470. The molecule has 4 aromatic rings. The summed E-state index contributed by atoms with van der Waals surface area (Å²) < 4.78 is 0. The molecule has 35 heavy (non-hydrogen) atoms. The maximum Gasteiger partial charge on any atom is 0.274 e. The Hall–Kier alpha value is -3.29. The highest BCUT2D eigenvalue weighted by Gasteiger charge is 2.54. The first-order valence-corrected chi connectivity index (χ1v) is 12.9. The van der Waals surface area contributed by atoms with E-state index < -0.39 is 0 Å². The number of thiazole rings is 1. The fourth-order valence-electron chi connectivity index (χ4n) is 5.08. The number of rotatable bonds is 5. The van der Waals surface area contributed by atoms with E-state index in [9.17, 15) is 9.59 Å². The van der Waals surface area contributed by atoms with Crippen molar-refractivity contribution in [1.29, 1.82) is 0 Å². The smallest absolute Gasteiger partial charge is 0.274 e. The van der Waals surface area contributed by atoms with E-state index in [-0.39, 0.29) is 17.9 Å². The fourth-order valence-corrected chi connectivity index (χ4v) is 6.18. The second-order valence-corrected chi connectivity index (χ2v) is 10.8. The maximum absolute atomic E-state index is 13.7. The van der Waals surface area contributed by atoms with Gasteiger partial charge in [-0.05, 0) is 55.0 Å². The van der Waals surface area contributed by atoms with E-state index in [0.717, 1.165) is 32.8 Å². The molecule has 8 heteroatoms. The number of amides is 2. The largest absolute Gasteiger partial charge is 0.349 e. The fraction of sp³-hybridized carbons (Fsp3) is 0.259. The average Bonchev–Trinajstić information content (AvgIpc) is 3.38. The zero-order valence-corrected chi connectivity index (χ0v) is 20.6. The third kappa shape index (κ3) is 4.19. The number of aromatic nitrogens is 2. The van der Waals surface area contributed by atoms with Crippen LogP contribution in [0.15, 0.2) is 60.7 Å². The van der Waals surface area contributed by atoms with Gasteiger partial charge in [0.1, 0.15) is 11.4 Å². The molecule has 1 saturated carbocycles. The van der Waals surface area contributed by atoms with E-state index in [0.29, 0.717) is 41.3 Å². The minimum Gasteiger partial charge on any atom is -0.349 e. The summed E-state index contributed by atoms with van der Waals surface area (Å²) in [5.74, 6) is 0.600. The van der Waals surface area contributed by atoms with E-state index in [4.69, 9.17) is 11.6 Å². The quantitative estimate of drug-likeness (QED) is 0.406. The number of benzene rings is 2. The topological polar surface area (TPSA) is 75.2 Å². The van der Waals surface area contributed by atoms with Crippen molar-refractivity contribution in [2.45, 2.75) is 19.4 Å². The molecule has 1 saturated heterocycles. The lowest BCUT2D eigenvalue weighted by molar-refractivity contribution is 0.0690. The van der Waals surface area contributed by atoms with Gasteiger partial charge in [-0.25, -0.2) is 9.97 Å². The predicted octanol–water partition coefficient (Wildman–Crippen LogP) is 5.21. The molecule has 2 aromatic heterocycles. The van der Waals surface area contributed by atoms with E-state index in [2.05, 4.69) is 15.3 Å². The van der Waals surface area contributed by atoms with Crippen LogP contribution in [0.4, 0.5) is 0 Å². The number of para-hydroxylation sites is 1. The van der Waals surface area contributed by atoms with Crippen molar-refractivity contribution in [3.05, 3.63) is 82.1 Å². The molecule has 3 heterocycles. The minimum atomic E-state index is -0.226. The number of carbonyl (C=O) groups is 2. The van der Waals surface area contributed by atoms with Crippen LogP contribution in [-0.4, -0.2) is 45.8 Å². The summed E-state index contributed by atoms with van der Waals surface area (Å²) in [6, 6.07) is 18.8. The number of hydrogen-bond acceptors (Lipinski definition) is 5. The van der Waals surface area contributed by atoms with Gasteiger partial charge in [0.25, 0.3) is 11.8 Å². The number of piperidine rings is 1. The number of likely N-dealkylation sites (tertiary alicyclic amines) is 1. The summed E-state index contributed by atoms with van der Waals surface area (Å²) >= 11 is 7.70. The minimum absolute atomic E-state index is 0.0499. The van der Waals surface area contributed by atoms with Gasteiger partial charge in [-0.2, -0.15) is 0 Å². The maximum atomic E-state index is 13.7. The Morgan fingerprint density at radius 2 is 1.97 bits per heavy atom. The van der Waals surface area contributed by atoms with Gasteiger partial charge in [-0.1, -0.05) is 48.0 Å². The molecule has 1 aliphatic heterocycles. The lowest BCUT2D eigenvalue weighted by atomic mass is 10.1. The summed E-state index contributed by atoms with van der Waals surface area (Å²) in [4.78, 5) is 38.4. The number of halogens is 1. The summed E-state index contributed by atoms with van der Waals surface area (Å²) in [7, 11) is 0. The van der Waals surface area contributed by atoms with Gasteiger partial charge in [0, 0.05) is 23.5 Å². The monoisotopic (exact) mass is 502 g/mol. The molecular formula is C27H23ClN4O2S. The Kier molecular flexibility index (Phi) is 5.54.